The van der Waals surface area contributed by atoms with E-state index in [-0.39, 0.29) is 34.3 Å². The van der Waals surface area contributed by atoms with Crippen LogP contribution < -0.4 is 10.6 Å². The number of hydrogen-bond acceptors (Lipinski definition) is 11. The normalized spacial score (nSPS) is 27.6. The molecular weight excluding hydrogens is 864 g/mol. The van der Waals surface area contributed by atoms with Crippen LogP contribution in [-0.4, -0.2) is 79.6 Å². The monoisotopic (exact) mass is 923 g/mol. The van der Waals surface area contributed by atoms with E-state index in [9.17, 15) is 9.90 Å². The Balaban J connectivity index is 0.000000268. The van der Waals surface area contributed by atoms with Gasteiger partial charge in [0.15, 0.2) is 5.60 Å². The molecule has 1 spiro atoms. The van der Waals surface area contributed by atoms with E-state index in [1.807, 2.05) is 38.1 Å². The van der Waals surface area contributed by atoms with Gasteiger partial charge in [0.2, 0.25) is 12.1 Å². The molecule has 2 aliphatic carbocycles. The SMILES string of the molecule is CC(C)(C)NCc1cc(Nc2ccnc3cc(Cl)ccc23)c2c(c1O)CCCC2.C[C@@H]1CC[C@H]2[C@@H](C)C(=O)O[C@@H]3O[C@@]4(C)CC[C@@H]1[C@]32OO4.O.O.O=P(O)(O)O.O=P(O)(O)O. The maximum Gasteiger partial charge on any atom is 0.466 e. The Bertz CT molecular complexity index is 2060. The van der Waals surface area contributed by atoms with Gasteiger partial charge < -0.3 is 65.5 Å². The third kappa shape index (κ3) is 13.4. The Morgan fingerprint density at radius 3 is 2.13 bits per heavy atom. The number of pyridine rings is 1. The number of nitrogens with zero attached hydrogens (tertiary/aromatic N) is 1. The molecule has 22 heteroatoms. The average Bonchev–Trinajstić information content (AvgIpc) is 3.35. The highest BCUT2D eigenvalue weighted by atomic mass is 35.5. The van der Waals surface area contributed by atoms with Crippen molar-refractivity contribution in [2.75, 3.05) is 5.32 Å². The van der Waals surface area contributed by atoms with E-state index < -0.39 is 33.3 Å². The fourth-order valence-electron chi connectivity index (χ4n) is 8.73. The van der Waals surface area contributed by atoms with E-state index in [0.29, 0.717) is 29.2 Å². The Morgan fingerprint density at radius 1 is 0.885 bits per heavy atom. The number of aromatic hydroxyl groups is 1. The summed E-state index contributed by atoms with van der Waals surface area (Å²) in [6, 6.07) is 9.86. The molecule has 2 bridgehead atoms. The summed E-state index contributed by atoms with van der Waals surface area (Å²) in [5.41, 5.74) is 5.57. The van der Waals surface area contributed by atoms with Gasteiger partial charge >= 0.3 is 21.6 Å². The minimum atomic E-state index is -4.64. The lowest BCUT2D eigenvalue weighted by atomic mass is 9.58. The third-order valence-corrected chi connectivity index (χ3v) is 11.7. The van der Waals surface area contributed by atoms with Crippen molar-refractivity contribution in [3.63, 3.8) is 0 Å². The number of anilines is 2. The summed E-state index contributed by atoms with van der Waals surface area (Å²) in [4.78, 5) is 71.2. The Morgan fingerprint density at radius 2 is 1.51 bits per heavy atom. The smallest absolute Gasteiger partial charge is 0.466 e. The molecule has 344 valence electrons. The number of rotatable bonds is 4. The lowest BCUT2D eigenvalue weighted by Gasteiger charge is -2.57. The first-order valence-corrected chi connectivity index (χ1v) is 23.0. The number of phenols is 1. The molecular formula is C39H60ClN3O16P2. The highest BCUT2D eigenvalue weighted by Crippen LogP contribution is 2.59. The fraction of sp³-hybridized carbons (Fsp3) is 0.590. The molecule has 9 rings (SSSR count). The van der Waals surface area contributed by atoms with Crippen molar-refractivity contribution in [1.29, 1.82) is 0 Å². The van der Waals surface area contributed by atoms with E-state index in [0.717, 1.165) is 84.8 Å². The first-order valence-electron chi connectivity index (χ1n) is 19.5. The van der Waals surface area contributed by atoms with Crippen molar-refractivity contribution in [1.82, 2.24) is 10.3 Å². The van der Waals surface area contributed by atoms with Crippen molar-refractivity contribution in [2.45, 2.75) is 123 Å². The highest BCUT2D eigenvalue weighted by Gasteiger charge is 2.70. The molecule has 2 aromatic carbocycles. The van der Waals surface area contributed by atoms with E-state index in [1.165, 1.54) is 5.56 Å². The number of benzene rings is 2. The zero-order valence-electron chi connectivity index (χ0n) is 34.9. The summed E-state index contributed by atoms with van der Waals surface area (Å²) < 4.78 is 29.4. The standard InChI is InChI=1S/C24H28ClN3O.C15H22O5.2H3O4P.2H2O/c1-24(2,3)27-14-15-12-22(17-6-4-5-7-18(17)23(15)29)28-20-10-11-26-21-13-16(25)8-9-19(20)21;1-8-4-5-11-9(2)12(16)17-13-15(11)10(8)6-7-14(3,18-13)19-20-15;2*1-5(2,3)4;;/h8-13,27,29H,4-7,14H2,1-3H3,(H,26,28);8-11,13H,4-7H2,1-3H3;2*(H3,1,2,3,4);2*1H2/t;8-,9-,10+,11+,13-,14-,15-;;;;/m.1..../s1. The molecule has 13 N–H and O–H groups in total. The number of carbonyl (C=O) groups excluding carboxylic acids is 1. The van der Waals surface area contributed by atoms with Crippen molar-refractivity contribution in [3.8, 4) is 5.75 Å². The number of ether oxygens (including phenoxy) is 2. The van der Waals surface area contributed by atoms with Gasteiger partial charge in [-0.2, -0.15) is 0 Å². The van der Waals surface area contributed by atoms with Crippen LogP contribution in [0.15, 0.2) is 36.5 Å². The molecule has 5 heterocycles. The van der Waals surface area contributed by atoms with Gasteiger partial charge in [0.05, 0.1) is 11.4 Å². The quantitative estimate of drug-likeness (QED) is 0.0720. The largest absolute Gasteiger partial charge is 0.507 e. The van der Waals surface area contributed by atoms with Crippen molar-refractivity contribution < 1.29 is 78.6 Å². The molecule has 7 atom stereocenters. The van der Waals surface area contributed by atoms with Gasteiger partial charge in [-0.25, -0.2) is 18.9 Å². The predicted octanol–water partition coefficient (Wildman–Crippen LogP) is 4.99. The molecule has 6 aliphatic rings. The number of esters is 1. The van der Waals surface area contributed by atoms with Gasteiger partial charge in [-0.3, -0.25) is 9.78 Å². The van der Waals surface area contributed by atoms with Crippen LogP contribution in [0.4, 0.5) is 11.4 Å². The second kappa shape index (κ2) is 20.4. The first-order chi connectivity index (χ1) is 27.3. The molecule has 1 saturated carbocycles. The van der Waals surface area contributed by atoms with E-state index >= 15 is 0 Å². The molecule has 0 amide bonds. The van der Waals surface area contributed by atoms with Crippen LogP contribution in [0.5, 0.6) is 5.75 Å². The summed E-state index contributed by atoms with van der Waals surface area (Å²) in [5.74, 6) is 0.315. The van der Waals surface area contributed by atoms with Crippen LogP contribution in [0.2, 0.25) is 5.02 Å². The Kier molecular flexibility index (Phi) is 17.5. The number of hydrogen-bond donors (Lipinski definition) is 9. The molecule has 1 aromatic heterocycles. The van der Waals surface area contributed by atoms with Crippen LogP contribution in [-0.2, 0) is 52.6 Å². The minimum Gasteiger partial charge on any atom is -0.507 e. The van der Waals surface area contributed by atoms with Crippen LogP contribution in [0.3, 0.4) is 0 Å². The third-order valence-electron chi connectivity index (χ3n) is 11.5. The zero-order chi connectivity index (χ0) is 43.7. The molecule has 3 aromatic rings. The number of phenolic OH excluding ortho intramolecular Hbond substituents is 1. The number of nitrogens with one attached hydrogen (secondary N) is 2. The molecule has 61 heavy (non-hydrogen) atoms. The predicted molar refractivity (Wildman–Crippen MR) is 225 cm³/mol. The van der Waals surface area contributed by atoms with Gasteiger partial charge in [0.25, 0.3) is 0 Å². The van der Waals surface area contributed by atoms with Crippen molar-refractivity contribution >= 4 is 55.5 Å². The lowest BCUT2D eigenvalue weighted by molar-refractivity contribution is -0.559. The second-order valence-electron chi connectivity index (χ2n) is 17.0. The molecule has 5 fully saturated rings. The molecule has 0 unspecified atom stereocenters. The van der Waals surface area contributed by atoms with Crippen LogP contribution in [0.1, 0.15) is 96.8 Å². The van der Waals surface area contributed by atoms with Crippen LogP contribution in [0, 0.1) is 23.7 Å². The van der Waals surface area contributed by atoms with Gasteiger partial charge in [0.1, 0.15) is 5.75 Å². The van der Waals surface area contributed by atoms with Gasteiger partial charge in [-0.1, -0.05) is 25.4 Å². The summed E-state index contributed by atoms with van der Waals surface area (Å²) in [6.07, 6.45) is 9.21. The summed E-state index contributed by atoms with van der Waals surface area (Å²) in [5, 5.41) is 19.8. The maximum atomic E-state index is 12.1. The zero-order valence-corrected chi connectivity index (χ0v) is 37.5. The van der Waals surface area contributed by atoms with Crippen molar-refractivity contribution in [3.05, 3.63) is 58.2 Å². The number of halogens is 1. The summed E-state index contributed by atoms with van der Waals surface area (Å²) >= 11 is 6.14. The van der Waals surface area contributed by atoms with Gasteiger partial charge in [-0.15, -0.1) is 0 Å². The number of fused-ring (bicyclic) bond motifs is 4. The second-order valence-corrected chi connectivity index (χ2v) is 19.5. The Hall–Kier alpha value is -2.81. The molecule has 0 radical (unpaired) electrons. The van der Waals surface area contributed by atoms with E-state index in [2.05, 4.69) is 49.4 Å². The average molecular weight is 924 g/mol. The summed E-state index contributed by atoms with van der Waals surface area (Å²) in [7, 11) is -9.28. The highest BCUT2D eigenvalue weighted by molar-refractivity contribution is 7.45. The summed E-state index contributed by atoms with van der Waals surface area (Å²) in [6.45, 7) is 13.1. The number of phosphoric acid groups is 2. The van der Waals surface area contributed by atoms with Crippen LogP contribution >= 0.6 is 27.2 Å². The van der Waals surface area contributed by atoms with E-state index in [4.69, 9.17) is 69.3 Å². The van der Waals surface area contributed by atoms with E-state index in [1.54, 1.807) is 6.20 Å². The van der Waals surface area contributed by atoms with Gasteiger partial charge in [0, 0.05) is 63.9 Å². The van der Waals surface area contributed by atoms with Crippen LogP contribution in [0.25, 0.3) is 10.9 Å². The molecule has 4 saturated heterocycles. The lowest BCUT2D eigenvalue weighted by Crippen LogP contribution is -2.69. The maximum absolute atomic E-state index is 12.1. The first kappa shape index (κ1) is 52.5. The number of aromatic nitrogens is 1. The fourth-order valence-corrected chi connectivity index (χ4v) is 8.90. The minimum absolute atomic E-state index is 0. The molecule has 19 nitrogen and oxygen atoms in total. The van der Waals surface area contributed by atoms with Crippen molar-refractivity contribution in [2.24, 2.45) is 23.7 Å². The number of carbonyl (C=O) groups is 1. The van der Waals surface area contributed by atoms with Gasteiger partial charge in [-0.05, 0) is 120 Å². The molecule has 4 aliphatic heterocycles. The Labute approximate surface area is 359 Å². The topological polar surface area (TPSA) is 330 Å².